The highest BCUT2D eigenvalue weighted by Crippen LogP contribution is 2.48. The summed E-state index contributed by atoms with van der Waals surface area (Å²) in [6, 6.07) is 3.86. The van der Waals surface area contributed by atoms with E-state index in [9.17, 15) is 12.8 Å². The zero-order chi connectivity index (χ0) is 14.3. The Balaban J connectivity index is 1.73. The minimum Gasteiger partial charge on any atom is -0.395 e. The minimum absolute atomic E-state index is 0.164. The zero-order valence-corrected chi connectivity index (χ0v) is 12.0. The Morgan fingerprint density at radius 3 is 2.40 bits per heavy atom. The predicted octanol–water partition coefficient (Wildman–Crippen LogP) is 2.12. The average Bonchev–Trinajstić information content (AvgIpc) is 3.25. The molecular weight excluding hydrogens is 279 g/mol. The monoisotopic (exact) mass is 298 g/mol. The lowest BCUT2D eigenvalue weighted by atomic mass is 9.99. The van der Waals surface area contributed by atoms with Crippen LogP contribution in [-0.4, -0.2) is 15.0 Å². The van der Waals surface area contributed by atoms with Crippen LogP contribution >= 0.6 is 0 Å². The number of nitrogen functional groups attached to an aromatic ring is 1. The largest absolute Gasteiger partial charge is 0.395 e. The van der Waals surface area contributed by atoms with Crippen molar-refractivity contribution in [3.8, 4) is 0 Å². The second-order valence-electron chi connectivity index (χ2n) is 5.84. The number of nitrogens with two attached hydrogens (primary N) is 1. The van der Waals surface area contributed by atoms with Crippen molar-refractivity contribution in [3.05, 3.63) is 24.0 Å². The van der Waals surface area contributed by atoms with Gasteiger partial charge in [0.1, 0.15) is 10.7 Å². The summed E-state index contributed by atoms with van der Waals surface area (Å²) in [5.74, 6) is 1.05. The van der Waals surface area contributed by atoms with Gasteiger partial charge in [-0.25, -0.2) is 17.5 Å². The van der Waals surface area contributed by atoms with E-state index in [-0.39, 0.29) is 10.6 Å². The van der Waals surface area contributed by atoms with Crippen molar-refractivity contribution in [2.24, 2.45) is 17.8 Å². The molecule has 0 unspecified atom stereocenters. The summed E-state index contributed by atoms with van der Waals surface area (Å²) in [6.45, 7) is 0.438. The molecule has 110 valence electrons. The number of benzene rings is 1. The Bertz CT molecular complexity index is 598. The Morgan fingerprint density at radius 2 is 1.85 bits per heavy atom. The highest BCUT2D eigenvalue weighted by Gasteiger charge is 2.41. The molecular formula is C14H19FN2O2S. The summed E-state index contributed by atoms with van der Waals surface area (Å²) in [5, 5.41) is 0. The van der Waals surface area contributed by atoms with E-state index in [0.717, 1.165) is 6.07 Å². The van der Waals surface area contributed by atoms with Gasteiger partial charge in [0.25, 0.3) is 0 Å². The first-order valence-electron chi connectivity index (χ1n) is 7.02. The number of rotatable bonds is 6. The van der Waals surface area contributed by atoms with Crippen molar-refractivity contribution in [1.29, 1.82) is 0 Å². The lowest BCUT2D eigenvalue weighted by molar-refractivity contribution is 0.401. The molecule has 20 heavy (non-hydrogen) atoms. The van der Waals surface area contributed by atoms with Gasteiger partial charge < -0.3 is 5.73 Å². The summed E-state index contributed by atoms with van der Waals surface area (Å²) in [6.07, 6.45) is 4.80. The molecule has 0 saturated heterocycles. The molecule has 3 rings (SSSR count). The molecule has 1 aromatic rings. The molecule has 1 aromatic carbocycles. The smallest absolute Gasteiger partial charge is 0.242 e. The van der Waals surface area contributed by atoms with E-state index in [2.05, 4.69) is 4.72 Å². The summed E-state index contributed by atoms with van der Waals surface area (Å²) in [4.78, 5) is -0.164. The maximum Gasteiger partial charge on any atom is 0.242 e. The first kappa shape index (κ1) is 13.8. The summed E-state index contributed by atoms with van der Waals surface area (Å²) in [7, 11) is -3.73. The van der Waals surface area contributed by atoms with Crippen molar-refractivity contribution >= 4 is 15.7 Å². The number of hydrogen-bond acceptors (Lipinski definition) is 3. The molecule has 6 heteroatoms. The molecule has 0 radical (unpaired) electrons. The molecule has 2 fully saturated rings. The standard InChI is InChI=1S/C14H19FN2O2S/c15-12-2-1-3-13(14(12)16)20(18,19)17-8-11(9-4-5-9)10-6-7-10/h1-3,9-11,17H,4-8,16H2. The number of nitrogens with one attached hydrogen (secondary N) is 1. The second kappa shape index (κ2) is 5.00. The third-order valence-electron chi connectivity index (χ3n) is 4.27. The van der Waals surface area contributed by atoms with Gasteiger partial charge >= 0.3 is 0 Å². The van der Waals surface area contributed by atoms with Crippen molar-refractivity contribution in [1.82, 2.24) is 4.72 Å². The minimum atomic E-state index is -3.73. The molecule has 2 saturated carbocycles. The highest BCUT2D eigenvalue weighted by molar-refractivity contribution is 7.89. The van der Waals surface area contributed by atoms with Crippen molar-refractivity contribution in [2.45, 2.75) is 30.6 Å². The lowest BCUT2D eigenvalue weighted by Gasteiger charge is -2.17. The topological polar surface area (TPSA) is 72.2 Å². The first-order chi connectivity index (χ1) is 9.49. The Morgan fingerprint density at radius 1 is 1.25 bits per heavy atom. The van der Waals surface area contributed by atoms with Crippen molar-refractivity contribution < 1.29 is 12.8 Å². The highest BCUT2D eigenvalue weighted by atomic mass is 32.2. The number of para-hydroxylation sites is 1. The van der Waals surface area contributed by atoms with Crippen LogP contribution < -0.4 is 10.5 Å². The molecule has 4 nitrogen and oxygen atoms in total. The van der Waals surface area contributed by atoms with Crippen LogP contribution in [0.3, 0.4) is 0 Å². The van der Waals surface area contributed by atoms with Crippen LogP contribution in [0.5, 0.6) is 0 Å². The molecule has 0 amide bonds. The van der Waals surface area contributed by atoms with Crippen LogP contribution in [0, 0.1) is 23.6 Å². The third-order valence-corrected chi connectivity index (χ3v) is 5.75. The van der Waals surface area contributed by atoms with Crippen LogP contribution in [0.25, 0.3) is 0 Å². The number of anilines is 1. The van der Waals surface area contributed by atoms with E-state index in [1.165, 1.54) is 37.8 Å². The fourth-order valence-corrected chi connectivity index (χ4v) is 4.01. The zero-order valence-electron chi connectivity index (χ0n) is 11.2. The Labute approximate surface area is 118 Å². The van der Waals surface area contributed by atoms with E-state index in [4.69, 9.17) is 5.73 Å². The van der Waals surface area contributed by atoms with Gasteiger partial charge in [-0.3, -0.25) is 0 Å². The number of halogens is 1. The molecule has 0 bridgehead atoms. The molecule has 0 atom stereocenters. The second-order valence-corrected chi connectivity index (χ2v) is 7.58. The molecule has 0 heterocycles. The Kier molecular flexibility index (Phi) is 3.46. The number of sulfonamides is 1. The first-order valence-corrected chi connectivity index (χ1v) is 8.51. The van der Waals surface area contributed by atoms with Crippen LogP contribution in [0.1, 0.15) is 25.7 Å². The van der Waals surface area contributed by atoms with Gasteiger partial charge in [-0.05, 0) is 55.6 Å². The van der Waals surface area contributed by atoms with E-state index >= 15 is 0 Å². The molecule has 0 spiro atoms. The normalized spacial score (nSPS) is 19.5. The summed E-state index contributed by atoms with van der Waals surface area (Å²) < 4.78 is 40.5. The van der Waals surface area contributed by atoms with Gasteiger partial charge in [-0.1, -0.05) is 6.07 Å². The van der Waals surface area contributed by atoms with Crippen LogP contribution in [0.4, 0.5) is 10.1 Å². The van der Waals surface area contributed by atoms with E-state index in [1.807, 2.05) is 0 Å². The van der Waals surface area contributed by atoms with Gasteiger partial charge in [0, 0.05) is 6.54 Å². The Hall–Kier alpha value is -1.14. The van der Waals surface area contributed by atoms with Gasteiger partial charge in [-0.15, -0.1) is 0 Å². The van der Waals surface area contributed by atoms with Gasteiger partial charge in [-0.2, -0.15) is 0 Å². The molecule has 0 aliphatic heterocycles. The van der Waals surface area contributed by atoms with Gasteiger partial charge in [0.2, 0.25) is 10.0 Å². The number of hydrogen-bond donors (Lipinski definition) is 2. The van der Waals surface area contributed by atoms with E-state index in [1.54, 1.807) is 0 Å². The fraction of sp³-hybridized carbons (Fsp3) is 0.571. The SMILES string of the molecule is Nc1c(F)cccc1S(=O)(=O)NCC(C1CC1)C1CC1. The molecule has 3 N–H and O–H groups in total. The predicted molar refractivity (Wildman–Crippen MR) is 74.9 cm³/mol. The van der Waals surface area contributed by atoms with Crippen LogP contribution in [0.15, 0.2) is 23.1 Å². The average molecular weight is 298 g/mol. The lowest BCUT2D eigenvalue weighted by Crippen LogP contribution is -2.31. The van der Waals surface area contributed by atoms with E-state index in [0.29, 0.717) is 24.3 Å². The molecule has 2 aliphatic rings. The molecule has 2 aliphatic carbocycles. The quantitative estimate of drug-likeness (QED) is 0.790. The van der Waals surface area contributed by atoms with E-state index < -0.39 is 15.8 Å². The van der Waals surface area contributed by atoms with Crippen molar-refractivity contribution in [3.63, 3.8) is 0 Å². The molecule has 0 aromatic heterocycles. The third kappa shape index (κ3) is 2.81. The van der Waals surface area contributed by atoms with Gasteiger partial charge in [0.05, 0.1) is 5.69 Å². The van der Waals surface area contributed by atoms with Crippen molar-refractivity contribution in [2.75, 3.05) is 12.3 Å². The van der Waals surface area contributed by atoms with Crippen LogP contribution in [-0.2, 0) is 10.0 Å². The maximum absolute atomic E-state index is 13.4. The van der Waals surface area contributed by atoms with Crippen LogP contribution in [0.2, 0.25) is 0 Å². The fourth-order valence-electron chi connectivity index (χ4n) is 2.80. The maximum atomic E-state index is 13.4. The summed E-state index contributed by atoms with van der Waals surface area (Å²) in [5.41, 5.74) is 5.21. The van der Waals surface area contributed by atoms with Gasteiger partial charge in [0.15, 0.2) is 0 Å². The summed E-state index contributed by atoms with van der Waals surface area (Å²) >= 11 is 0.